The smallest absolute Gasteiger partial charge is 0.151 e. The predicted molar refractivity (Wildman–Crippen MR) is 61.2 cm³/mol. The Labute approximate surface area is 102 Å². The van der Waals surface area contributed by atoms with Crippen molar-refractivity contribution in [2.24, 2.45) is 0 Å². The minimum absolute atomic E-state index is 0.102. The third kappa shape index (κ3) is 1.92. The predicted octanol–water partition coefficient (Wildman–Crippen LogP) is 3.38. The lowest BCUT2D eigenvalue weighted by molar-refractivity contribution is 0.579. The standard InChI is InChI=1S/C14H6F2N2/c15-13-5-4-11(14(16)12(13)8-18)10-3-1-2-9(6-10)7-17/h1-6H. The van der Waals surface area contributed by atoms with Crippen molar-refractivity contribution >= 4 is 0 Å². The van der Waals surface area contributed by atoms with Gasteiger partial charge in [-0.25, -0.2) is 8.78 Å². The Morgan fingerprint density at radius 1 is 0.944 bits per heavy atom. The van der Waals surface area contributed by atoms with Gasteiger partial charge < -0.3 is 0 Å². The Morgan fingerprint density at radius 2 is 1.72 bits per heavy atom. The number of hydrogen-bond donors (Lipinski definition) is 0. The van der Waals surface area contributed by atoms with Crippen LogP contribution >= 0.6 is 0 Å². The molecule has 0 saturated carbocycles. The zero-order chi connectivity index (χ0) is 13.1. The number of nitrogens with zero attached hydrogens (tertiary/aromatic N) is 2. The summed E-state index contributed by atoms with van der Waals surface area (Å²) in [5, 5.41) is 17.5. The third-order valence-electron chi connectivity index (χ3n) is 2.51. The fraction of sp³-hybridized carbons (Fsp3) is 0. The summed E-state index contributed by atoms with van der Waals surface area (Å²) in [7, 11) is 0. The van der Waals surface area contributed by atoms with Gasteiger partial charge >= 0.3 is 0 Å². The van der Waals surface area contributed by atoms with Gasteiger partial charge in [-0.2, -0.15) is 10.5 Å². The van der Waals surface area contributed by atoms with Gasteiger partial charge in [0.2, 0.25) is 0 Å². The van der Waals surface area contributed by atoms with Crippen molar-refractivity contribution in [3.63, 3.8) is 0 Å². The van der Waals surface area contributed by atoms with E-state index in [1.165, 1.54) is 18.2 Å². The molecule has 0 aromatic heterocycles. The van der Waals surface area contributed by atoms with Gasteiger partial charge in [0.15, 0.2) is 5.82 Å². The quantitative estimate of drug-likeness (QED) is 0.767. The van der Waals surface area contributed by atoms with E-state index >= 15 is 0 Å². The van der Waals surface area contributed by atoms with Crippen LogP contribution in [0.15, 0.2) is 36.4 Å². The summed E-state index contributed by atoms with van der Waals surface area (Å²) in [5.74, 6) is -1.80. The first-order chi connectivity index (χ1) is 8.67. The molecule has 18 heavy (non-hydrogen) atoms. The molecule has 2 rings (SSSR count). The van der Waals surface area contributed by atoms with Gasteiger partial charge in [-0.15, -0.1) is 0 Å². The molecule has 0 fully saturated rings. The van der Waals surface area contributed by atoms with Gasteiger partial charge in [0, 0.05) is 5.56 Å². The van der Waals surface area contributed by atoms with Crippen LogP contribution in [-0.2, 0) is 0 Å². The average Bonchev–Trinajstić information content (AvgIpc) is 2.39. The third-order valence-corrected chi connectivity index (χ3v) is 2.51. The Morgan fingerprint density at radius 3 is 2.39 bits per heavy atom. The Hall–Kier alpha value is -2.72. The van der Waals surface area contributed by atoms with Gasteiger partial charge in [-0.05, 0) is 29.8 Å². The van der Waals surface area contributed by atoms with Crippen molar-refractivity contribution in [2.45, 2.75) is 0 Å². The van der Waals surface area contributed by atoms with E-state index in [9.17, 15) is 8.78 Å². The van der Waals surface area contributed by atoms with Crippen molar-refractivity contribution < 1.29 is 8.78 Å². The van der Waals surface area contributed by atoms with Crippen LogP contribution in [0.25, 0.3) is 11.1 Å². The van der Waals surface area contributed by atoms with Crippen molar-refractivity contribution in [3.8, 4) is 23.3 Å². The molecule has 2 nitrogen and oxygen atoms in total. The zero-order valence-corrected chi connectivity index (χ0v) is 9.11. The SMILES string of the molecule is N#Cc1cccc(-c2ccc(F)c(C#N)c2F)c1. The minimum Gasteiger partial charge on any atom is -0.205 e. The van der Waals surface area contributed by atoms with E-state index in [-0.39, 0.29) is 5.56 Å². The Kier molecular flexibility index (Phi) is 3.03. The normalized spacial score (nSPS) is 9.56. The van der Waals surface area contributed by atoms with Crippen LogP contribution in [0.1, 0.15) is 11.1 Å². The monoisotopic (exact) mass is 240 g/mol. The molecule has 0 heterocycles. The van der Waals surface area contributed by atoms with Gasteiger partial charge in [-0.3, -0.25) is 0 Å². The summed E-state index contributed by atoms with van der Waals surface area (Å²) in [6, 6.07) is 12.0. The molecule has 86 valence electrons. The Balaban J connectivity index is 2.66. The molecule has 0 aliphatic carbocycles. The second-order valence-corrected chi connectivity index (χ2v) is 3.59. The van der Waals surface area contributed by atoms with Gasteiger partial charge in [0.25, 0.3) is 0 Å². The largest absolute Gasteiger partial charge is 0.205 e. The highest BCUT2D eigenvalue weighted by Crippen LogP contribution is 2.26. The number of halogens is 2. The second kappa shape index (κ2) is 4.65. The molecule has 4 heteroatoms. The average molecular weight is 240 g/mol. The van der Waals surface area contributed by atoms with Crippen LogP contribution < -0.4 is 0 Å². The van der Waals surface area contributed by atoms with Crippen LogP contribution in [0, 0.1) is 34.3 Å². The van der Waals surface area contributed by atoms with Crippen LogP contribution in [0.4, 0.5) is 8.78 Å². The summed E-state index contributed by atoms with van der Waals surface area (Å²) >= 11 is 0. The van der Waals surface area contributed by atoms with E-state index in [0.717, 1.165) is 6.07 Å². The fourth-order valence-electron chi connectivity index (χ4n) is 1.63. The van der Waals surface area contributed by atoms with Gasteiger partial charge in [0.05, 0.1) is 11.6 Å². The molecule has 0 unspecified atom stereocenters. The van der Waals surface area contributed by atoms with E-state index in [2.05, 4.69) is 0 Å². The van der Waals surface area contributed by atoms with Crippen LogP contribution in [0.5, 0.6) is 0 Å². The molecule has 0 saturated heterocycles. The molecule has 0 bridgehead atoms. The van der Waals surface area contributed by atoms with Crippen LogP contribution in [-0.4, -0.2) is 0 Å². The molecular weight excluding hydrogens is 234 g/mol. The van der Waals surface area contributed by atoms with Crippen molar-refractivity contribution in [1.82, 2.24) is 0 Å². The molecule has 0 atom stereocenters. The molecule has 0 aliphatic heterocycles. The topological polar surface area (TPSA) is 47.6 Å². The maximum atomic E-state index is 13.9. The second-order valence-electron chi connectivity index (χ2n) is 3.59. The first-order valence-electron chi connectivity index (χ1n) is 5.06. The first kappa shape index (κ1) is 11.8. The van der Waals surface area contributed by atoms with E-state index in [1.807, 2.05) is 6.07 Å². The summed E-state index contributed by atoms with van der Waals surface area (Å²) in [4.78, 5) is 0. The number of hydrogen-bond acceptors (Lipinski definition) is 2. The molecule has 2 aromatic carbocycles. The van der Waals surface area contributed by atoms with Crippen molar-refractivity contribution in [3.05, 3.63) is 59.2 Å². The molecule has 0 aliphatic rings. The maximum Gasteiger partial charge on any atom is 0.151 e. The fourth-order valence-corrected chi connectivity index (χ4v) is 1.63. The van der Waals surface area contributed by atoms with Crippen LogP contribution in [0.3, 0.4) is 0 Å². The highest BCUT2D eigenvalue weighted by molar-refractivity contribution is 5.67. The van der Waals surface area contributed by atoms with Crippen LogP contribution in [0.2, 0.25) is 0 Å². The number of rotatable bonds is 1. The molecule has 0 radical (unpaired) electrons. The van der Waals surface area contributed by atoms with Crippen molar-refractivity contribution in [1.29, 1.82) is 10.5 Å². The molecule has 0 N–H and O–H groups in total. The molecule has 2 aromatic rings. The molecule has 0 spiro atoms. The number of nitriles is 2. The van der Waals surface area contributed by atoms with Gasteiger partial charge in [-0.1, -0.05) is 12.1 Å². The lowest BCUT2D eigenvalue weighted by Gasteiger charge is -2.05. The highest BCUT2D eigenvalue weighted by atomic mass is 19.1. The molecular formula is C14H6F2N2. The summed E-state index contributed by atoms with van der Waals surface area (Å²) in [5.41, 5.74) is 0.290. The lowest BCUT2D eigenvalue weighted by Crippen LogP contribution is -1.94. The first-order valence-corrected chi connectivity index (χ1v) is 5.06. The highest BCUT2D eigenvalue weighted by Gasteiger charge is 2.14. The summed E-state index contributed by atoms with van der Waals surface area (Å²) < 4.78 is 27.1. The van der Waals surface area contributed by atoms with E-state index in [4.69, 9.17) is 10.5 Å². The Bertz CT molecular complexity index is 694. The number of benzene rings is 2. The minimum atomic E-state index is -0.910. The zero-order valence-electron chi connectivity index (χ0n) is 9.11. The van der Waals surface area contributed by atoms with E-state index in [0.29, 0.717) is 11.1 Å². The maximum absolute atomic E-state index is 13.9. The van der Waals surface area contributed by atoms with E-state index in [1.54, 1.807) is 18.2 Å². The molecule has 0 amide bonds. The van der Waals surface area contributed by atoms with E-state index < -0.39 is 17.2 Å². The summed E-state index contributed by atoms with van der Waals surface area (Å²) in [6.07, 6.45) is 0. The van der Waals surface area contributed by atoms with Crippen molar-refractivity contribution in [2.75, 3.05) is 0 Å². The van der Waals surface area contributed by atoms with Gasteiger partial charge in [0.1, 0.15) is 17.4 Å². The summed E-state index contributed by atoms with van der Waals surface area (Å²) in [6.45, 7) is 0. The lowest BCUT2D eigenvalue weighted by atomic mass is 10.0.